The fourth-order valence-electron chi connectivity index (χ4n) is 3.66. The minimum Gasteiger partial charge on any atom is -0.369 e. The zero-order valence-electron chi connectivity index (χ0n) is 17.9. The van der Waals surface area contributed by atoms with Crippen LogP contribution in [0.15, 0.2) is 42.5 Å². The number of alkyl halides is 3. The van der Waals surface area contributed by atoms with E-state index in [1.54, 1.807) is 18.2 Å². The van der Waals surface area contributed by atoms with Crippen LogP contribution in [-0.2, 0) is 12.7 Å². The third-order valence-corrected chi connectivity index (χ3v) is 5.66. The first-order valence-electron chi connectivity index (χ1n) is 10.4. The van der Waals surface area contributed by atoms with Crippen LogP contribution in [0.5, 0.6) is 0 Å². The predicted octanol–water partition coefficient (Wildman–Crippen LogP) is 4.50. The summed E-state index contributed by atoms with van der Waals surface area (Å²) in [4.78, 5) is 16.9. The molecule has 4 rings (SSSR count). The van der Waals surface area contributed by atoms with Gasteiger partial charge in [0, 0.05) is 42.6 Å². The van der Waals surface area contributed by atoms with E-state index in [0.29, 0.717) is 55.2 Å². The van der Waals surface area contributed by atoms with E-state index in [9.17, 15) is 13.2 Å². The first kappa shape index (κ1) is 23.1. The van der Waals surface area contributed by atoms with E-state index in [4.69, 9.17) is 17.3 Å². The summed E-state index contributed by atoms with van der Waals surface area (Å²) in [5, 5.41) is 3.72. The number of aryl methyl sites for hydroxylation is 1. The Kier molecular flexibility index (Phi) is 6.57. The standard InChI is InChI=1S/C22H23ClF3N7/c1-14-5-6-16(23)12-18(14)28-21-30-19(29-20(27)31-21)13-32-7-9-33(10-8-32)17-4-2-3-15(11-17)22(24,25)26/h2-6,11-12H,7-10,13H2,1H3,(H3,27,28,29,30,31). The normalized spacial score (nSPS) is 15.0. The second-order valence-electron chi connectivity index (χ2n) is 7.83. The summed E-state index contributed by atoms with van der Waals surface area (Å²) in [5.74, 6) is 0.937. The number of nitrogens with two attached hydrogens (primary N) is 1. The van der Waals surface area contributed by atoms with E-state index in [2.05, 4.69) is 25.2 Å². The Morgan fingerprint density at radius 1 is 1.03 bits per heavy atom. The lowest BCUT2D eigenvalue weighted by Gasteiger charge is -2.36. The van der Waals surface area contributed by atoms with Crippen LogP contribution in [0.1, 0.15) is 17.0 Å². The van der Waals surface area contributed by atoms with Crippen LogP contribution in [0, 0.1) is 6.92 Å². The van der Waals surface area contributed by atoms with Gasteiger partial charge in [0.15, 0.2) is 0 Å². The Balaban J connectivity index is 1.40. The maximum Gasteiger partial charge on any atom is 0.416 e. The van der Waals surface area contributed by atoms with Crippen LogP contribution in [0.25, 0.3) is 0 Å². The molecular weight excluding hydrogens is 455 g/mol. The van der Waals surface area contributed by atoms with Gasteiger partial charge in [-0.25, -0.2) is 0 Å². The third-order valence-electron chi connectivity index (χ3n) is 5.42. The zero-order valence-corrected chi connectivity index (χ0v) is 18.7. The molecule has 1 saturated heterocycles. The Labute approximate surface area is 194 Å². The van der Waals surface area contributed by atoms with Crippen molar-refractivity contribution in [1.82, 2.24) is 19.9 Å². The lowest BCUT2D eigenvalue weighted by molar-refractivity contribution is -0.137. The van der Waals surface area contributed by atoms with Gasteiger partial charge in [-0.2, -0.15) is 28.1 Å². The summed E-state index contributed by atoms with van der Waals surface area (Å²) in [6.45, 7) is 4.87. The average Bonchev–Trinajstić information content (AvgIpc) is 2.76. The molecule has 0 atom stereocenters. The SMILES string of the molecule is Cc1ccc(Cl)cc1Nc1nc(N)nc(CN2CCN(c3cccc(C(F)(F)F)c3)CC2)n1. The Hall–Kier alpha value is -3.11. The lowest BCUT2D eigenvalue weighted by atomic mass is 10.1. The second-order valence-corrected chi connectivity index (χ2v) is 8.27. The molecule has 11 heteroatoms. The van der Waals surface area contributed by atoms with Crippen molar-refractivity contribution in [1.29, 1.82) is 0 Å². The van der Waals surface area contributed by atoms with Gasteiger partial charge in [0.05, 0.1) is 12.1 Å². The van der Waals surface area contributed by atoms with Gasteiger partial charge < -0.3 is 16.0 Å². The van der Waals surface area contributed by atoms with Gasteiger partial charge in [0.25, 0.3) is 0 Å². The molecule has 1 aromatic heterocycles. The lowest BCUT2D eigenvalue weighted by Crippen LogP contribution is -2.46. The molecule has 2 heterocycles. The largest absolute Gasteiger partial charge is 0.416 e. The number of nitrogen functional groups attached to an aromatic ring is 1. The smallest absolute Gasteiger partial charge is 0.369 e. The number of nitrogens with zero attached hydrogens (tertiary/aromatic N) is 5. The molecule has 0 unspecified atom stereocenters. The van der Waals surface area contributed by atoms with E-state index in [0.717, 1.165) is 17.3 Å². The van der Waals surface area contributed by atoms with Crippen molar-refractivity contribution in [3.05, 3.63) is 64.4 Å². The topological polar surface area (TPSA) is 83.2 Å². The molecule has 3 N–H and O–H groups in total. The highest BCUT2D eigenvalue weighted by atomic mass is 35.5. The first-order valence-corrected chi connectivity index (χ1v) is 10.7. The molecular formula is C22H23ClF3N7. The van der Waals surface area contributed by atoms with Crippen LogP contribution < -0.4 is 16.0 Å². The summed E-state index contributed by atoms with van der Waals surface area (Å²) in [6.07, 6.45) is -4.36. The molecule has 0 radical (unpaired) electrons. The molecule has 1 fully saturated rings. The van der Waals surface area contributed by atoms with E-state index in [1.165, 1.54) is 12.1 Å². The van der Waals surface area contributed by atoms with E-state index in [1.807, 2.05) is 17.9 Å². The Bertz CT molecular complexity index is 1130. The molecule has 7 nitrogen and oxygen atoms in total. The highest BCUT2D eigenvalue weighted by Gasteiger charge is 2.31. The quantitative estimate of drug-likeness (QED) is 0.559. The molecule has 2 aromatic carbocycles. The monoisotopic (exact) mass is 477 g/mol. The van der Waals surface area contributed by atoms with Gasteiger partial charge in [-0.1, -0.05) is 23.7 Å². The van der Waals surface area contributed by atoms with Crippen molar-refractivity contribution in [3.8, 4) is 0 Å². The van der Waals surface area contributed by atoms with Crippen LogP contribution in [0.2, 0.25) is 5.02 Å². The van der Waals surface area contributed by atoms with Crippen molar-refractivity contribution in [3.63, 3.8) is 0 Å². The van der Waals surface area contributed by atoms with Crippen molar-refractivity contribution >= 4 is 34.9 Å². The van der Waals surface area contributed by atoms with Crippen molar-refractivity contribution in [2.45, 2.75) is 19.6 Å². The van der Waals surface area contributed by atoms with Gasteiger partial charge in [-0.05, 0) is 42.8 Å². The maximum absolute atomic E-state index is 13.0. The van der Waals surface area contributed by atoms with Gasteiger partial charge in [-0.3, -0.25) is 4.90 Å². The number of nitrogens with one attached hydrogen (secondary N) is 1. The number of piperazine rings is 1. The molecule has 3 aromatic rings. The molecule has 1 aliphatic heterocycles. The number of hydrogen-bond donors (Lipinski definition) is 2. The zero-order chi connectivity index (χ0) is 23.6. The number of benzene rings is 2. The summed E-state index contributed by atoms with van der Waals surface area (Å²) < 4.78 is 39.0. The summed E-state index contributed by atoms with van der Waals surface area (Å²) in [7, 11) is 0. The Morgan fingerprint density at radius 3 is 2.52 bits per heavy atom. The van der Waals surface area contributed by atoms with Crippen LogP contribution in [-0.4, -0.2) is 46.0 Å². The van der Waals surface area contributed by atoms with Gasteiger partial charge >= 0.3 is 6.18 Å². The van der Waals surface area contributed by atoms with Crippen LogP contribution >= 0.6 is 11.6 Å². The van der Waals surface area contributed by atoms with Gasteiger partial charge in [0.2, 0.25) is 11.9 Å². The first-order chi connectivity index (χ1) is 15.7. The van der Waals surface area contributed by atoms with E-state index >= 15 is 0 Å². The fraction of sp³-hybridized carbons (Fsp3) is 0.318. The number of hydrogen-bond acceptors (Lipinski definition) is 7. The summed E-state index contributed by atoms with van der Waals surface area (Å²) >= 11 is 6.08. The summed E-state index contributed by atoms with van der Waals surface area (Å²) in [5.41, 5.74) is 7.56. The number of anilines is 4. The second kappa shape index (κ2) is 9.40. The maximum atomic E-state index is 13.0. The van der Waals surface area contributed by atoms with Crippen LogP contribution in [0.3, 0.4) is 0 Å². The molecule has 0 spiro atoms. The highest BCUT2D eigenvalue weighted by Crippen LogP contribution is 2.32. The predicted molar refractivity (Wildman–Crippen MR) is 123 cm³/mol. The summed E-state index contributed by atoms with van der Waals surface area (Å²) in [6, 6.07) is 10.9. The van der Waals surface area contributed by atoms with Crippen molar-refractivity contribution in [2.75, 3.05) is 42.1 Å². The van der Waals surface area contributed by atoms with Crippen molar-refractivity contribution in [2.24, 2.45) is 0 Å². The van der Waals surface area contributed by atoms with Crippen molar-refractivity contribution < 1.29 is 13.2 Å². The fourth-order valence-corrected chi connectivity index (χ4v) is 3.83. The van der Waals surface area contributed by atoms with E-state index < -0.39 is 11.7 Å². The average molecular weight is 478 g/mol. The molecule has 0 amide bonds. The minimum atomic E-state index is -4.36. The van der Waals surface area contributed by atoms with Crippen LogP contribution in [0.4, 0.5) is 36.4 Å². The Morgan fingerprint density at radius 2 is 1.79 bits per heavy atom. The molecule has 174 valence electrons. The third kappa shape index (κ3) is 5.82. The van der Waals surface area contributed by atoms with Gasteiger partial charge in [-0.15, -0.1) is 0 Å². The number of halogens is 4. The molecule has 1 aliphatic rings. The van der Waals surface area contributed by atoms with E-state index in [-0.39, 0.29) is 5.95 Å². The minimum absolute atomic E-state index is 0.102. The molecule has 0 bridgehead atoms. The number of rotatable bonds is 5. The molecule has 0 saturated carbocycles. The van der Waals surface area contributed by atoms with Gasteiger partial charge in [0.1, 0.15) is 5.82 Å². The number of aromatic nitrogens is 3. The highest BCUT2D eigenvalue weighted by molar-refractivity contribution is 6.30. The molecule has 33 heavy (non-hydrogen) atoms. The molecule has 0 aliphatic carbocycles.